The smallest absolute Gasteiger partial charge is 0.257 e. The highest BCUT2D eigenvalue weighted by molar-refractivity contribution is 8.14. The number of nitrogens with zero attached hydrogens (tertiary/aromatic N) is 2. The topological polar surface area (TPSA) is 55.6 Å². The number of benzene rings is 1. The van der Waals surface area contributed by atoms with Crippen molar-refractivity contribution in [3.63, 3.8) is 0 Å². The van der Waals surface area contributed by atoms with Crippen molar-refractivity contribution < 1.29 is 9.53 Å². The van der Waals surface area contributed by atoms with Gasteiger partial charge in [0.1, 0.15) is 0 Å². The molecule has 3 rings (SSSR count). The van der Waals surface area contributed by atoms with Crippen molar-refractivity contribution in [1.82, 2.24) is 9.88 Å². The Hall–Kier alpha value is -1.79. The fourth-order valence-electron chi connectivity index (χ4n) is 2.84. The largest absolute Gasteiger partial charge is 0.383 e. The van der Waals surface area contributed by atoms with E-state index >= 15 is 0 Å². The number of hydrogen-bond donors (Lipinski definition) is 1. The third kappa shape index (κ3) is 3.14. The molecule has 1 aliphatic rings. The molecule has 1 N–H and O–H groups in total. The predicted molar refractivity (Wildman–Crippen MR) is 95.5 cm³/mol. The van der Waals surface area contributed by atoms with Crippen molar-refractivity contribution in [2.45, 2.75) is 20.4 Å². The number of methoxy groups -OCH3 is 1. The molecular weight excluding hydrogens is 310 g/mol. The van der Waals surface area contributed by atoms with Gasteiger partial charge in [-0.1, -0.05) is 11.8 Å². The molecule has 6 heteroatoms. The summed E-state index contributed by atoms with van der Waals surface area (Å²) >= 11 is 1.59. The summed E-state index contributed by atoms with van der Waals surface area (Å²) in [7, 11) is 1.71. The number of thioether (sulfide) groups is 1. The van der Waals surface area contributed by atoms with Crippen molar-refractivity contribution >= 4 is 33.7 Å². The molecule has 0 bridgehead atoms. The molecular formula is C17H21N3O2S. The van der Waals surface area contributed by atoms with Gasteiger partial charge in [-0.25, -0.2) is 0 Å². The average molecular weight is 331 g/mol. The maximum absolute atomic E-state index is 12.4. The minimum absolute atomic E-state index is 0.0956. The number of aryl methyl sites for hydroxylation is 1. The summed E-state index contributed by atoms with van der Waals surface area (Å²) in [6.45, 7) is 6.46. The van der Waals surface area contributed by atoms with E-state index in [-0.39, 0.29) is 5.91 Å². The fourth-order valence-corrected chi connectivity index (χ4v) is 3.57. The molecule has 2 heterocycles. The van der Waals surface area contributed by atoms with E-state index in [1.165, 1.54) is 11.3 Å². The minimum atomic E-state index is -0.0956. The van der Waals surface area contributed by atoms with Crippen LogP contribution in [0, 0.1) is 13.8 Å². The monoisotopic (exact) mass is 331 g/mol. The zero-order valence-electron chi connectivity index (χ0n) is 13.7. The molecule has 0 radical (unpaired) electrons. The maximum atomic E-state index is 12.4. The first-order chi connectivity index (χ1) is 11.1. The van der Waals surface area contributed by atoms with E-state index in [0.29, 0.717) is 12.2 Å². The van der Waals surface area contributed by atoms with E-state index in [1.807, 2.05) is 18.2 Å². The Morgan fingerprint density at radius 1 is 1.43 bits per heavy atom. The zero-order valence-corrected chi connectivity index (χ0v) is 14.5. The number of fused-ring (bicyclic) bond motifs is 1. The standard InChI is InChI=1S/C17H21N3O2S/c1-11-12(2)20(7-8-22-3)15-5-4-13(10-14(11)15)16(21)19-17-18-6-9-23-17/h4-5,10H,6-9H2,1-3H3,(H,18,19,21). The van der Waals surface area contributed by atoms with Crippen molar-refractivity contribution in [2.75, 3.05) is 26.0 Å². The first-order valence-corrected chi connectivity index (χ1v) is 8.67. The Morgan fingerprint density at radius 3 is 2.96 bits per heavy atom. The third-order valence-electron chi connectivity index (χ3n) is 4.23. The van der Waals surface area contributed by atoms with Crippen LogP contribution in [0.15, 0.2) is 23.2 Å². The average Bonchev–Trinajstić information content (AvgIpc) is 3.14. The Kier molecular flexibility index (Phi) is 4.73. The Bertz CT molecular complexity index is 780. The first kappa shape index (κ1) is 16.1. The summed E-state index contributed by atoms with van der Waals surface area (Å²) in [4.78, 5) is 16.7. The van der Waals surface area contributed by atoms with Gasteiger partial charge in [0, 0.05) is 41.6 Å². The Morgan fingerprint density at radius 2 is 2.26 bits per heavy atom. The third-order valence-corrected chi connectivity index (χ3v) is 5.12. The number of carbonyl (C=O) groups excluding carboxylic acids is 1. The van der Waals surface area contributed by atoms with E-state index < -0.39 is 0 Å². The fraction of sp³-hybridized carbons (Fsp3) is 0.412. The number of carbonyl (C=O) groups is 1. The molecule has 1 aliphatic heterocycles. The number of ether oxygens (including phenoxy) is 1. The van der Waals surface area contributed by atoms with Crippen molar-refractivity contribution in [3.8, 4) is 0 Å². The molecule has 0 unspecified atom stereocenters. The van der Waals surface area contributed by atoms with Crippen LogP contribution in [-0.4, -0.2) is 41.7 Å². The van der Waals surface area contributed by atoms with Crippen molar-refractivity contribution in [1.29, 1.82) is 0 Å². The summed E-state index contributed by atoms with van der Waals surface area (Å²) in [6.07, 6.45) is 0. The highest BCUT2D eigenvalue weighted by atomic mass is 32.2. The van der Waals surface area contributed by atoms with Gasteiger partial charge in [-0.3, -0.25) is 9.79 Å². The van der Waals surface area contributed by atoms with E-state index in [0.717, 1.165) is 34.9 Å². The first-order valence-electron chi connectivity index (χ1n) is 7.69. The number of amides is 1. The molecule has 0 saturated carbocycles. The molecule has 1 aromatic carbocycles. The van der Waals surface area contributed by atoms with Gasteiger partial charge in [0.25, 0.3) is 5.91 Å². The molecule has 0 aliphatic carbocycles. The minimum Gasteiger partial charge on any atom is -0.383 e. The highest BCUT2D eigenvalue weighted by Gasteiger charge is 2.16. The van der Waals surface area contributed by atoms with Crippen LogP contribution in [0.1, 0.15) is 21.6 Å². The lowest BCUT2D eigenvalue weighted by Crippen LogP contribution is -2.27. The second-order valence-corrected chi connectivity index (χ2v) is 6.66. The van der Waals surface area contributed by atoms with Crippen LogP contribution >= 0.6 is 11.8 Å². The Balaban J connectivity index is 1.92. The van der Waals surface area contributed by atoms with Crippen LogP contribution in [0.25, 0.3) is 10.9 Å². The molecule has 5 nitrogen and oxygen atoms in total. The zero-order chi connectivity index (χ0) is 16.4. The number of amidine groups is 1. The lowest BCUT2D eigenvalue weighted by atomic mass is 10.1. The SMILES string of the molecule is COCCn1c(C)c(C)c2cc(C(=O)NC3=NCCS3)ccc21. The number of rotatable bonds is 4. The predicted octanol–water partition coefficient (Wildman–Crippen LogP) is 2.74. The molecule has 2 aromatic rings. The molecule has 0 saturated heterocycles. The van der Waals surface area contributed by atoms with Gasteiger partial charge in [0.15, 0.2) is 5.17 Å². The normalized spacial score (nSPS) is 14.3. The van der Waals surface area contributed by atoms with Gasteiger partial charge in [0.2, 0.25) is 0 Å². The number of aliphatic imine (C=N–C) groups is 1. The lowest BCUT2D eigenvalue weighted by Gasteiger charge is -2.08. The van der Waals surface area contributed by atoms with Crippen molar-refractivity contribution in [3.05, 3.63) is 35.0 Å². The lowest BCUT2D eigenvalue weighted by molar-refractivity contribution is 0.0978. The van der Waals surface area contributed by atoms with Gasteiger partial charge >= 0.3 is 0 Å². The molecule has 0 spiro atoms. The van der Waals surface area contributed by atoms with Gasteiger partial charge in [0.05, 0.1) is 13.2 Å². The highest BCUT2D eigenvalue weighted by Crippen LogP contribution is 2.26. The summed E-state index contributed by atoms with van der Waals surface area (Å²) in [5, 5.41) is 4.72. The summed E-state index contributed by atoms with van der Waals surface area (Å²) in [6, 6.07) is 5.86. The molecule has 1 aromatic heterocycles. The van der Waals surface area contributed by atoms with Crippen LogP contribution in [0.2, 0.25) is 0 Å². The van der Waals surface area contributed by atoms with Crippen LogP contribution in [0.4, 0.5) is 0 Å². The molecule has 0 fully saturated rings. The summed E-state index contributed by atoms with van der Waals surface area (Å²) in [5.74, 6) is 0.844. The number of nitrogens with one attached hydrogen (secondary N) is 1. The van der Waals surface area contributed by atoms with E-state index in [4.69, 9.17) is 4.74 Å². The second-order valence-electron chi connectivity index (χ2n) is 5.58. The van der Waals surface area contributed by atoms with Crippen molar-refractivity contribution in [2.24, 2.45) is 4.99 Å². The van der Waals surface area contributed by atoms with E-state index in [1.54, 1.807) is 18.9 Å². The van der Waals surface area contributed by atoms with Crippen LogP contribution in [-0.2, 0) is 11.3 Å². The van der Waals surface area contributed by atoms with Crippen LogP contribution in [0.3, 0.4) is 0 Å². The quantitative estimate of drug-likeness (QED) is 0.937. The van der Waals surface area contributed by atoms with E-state index in [2.05, 4.69) is 28.7 Å². The van der Waals surface area contributed by atoms with Gasteiger partial charge < -0.3 is 14.6 Å². The second kappa shape index (κ2) is 6.76. The van der Waals surface area contributed by atoms with Gasteiger partial charge in [-0.05, 0) is 37.6 Å². The summed E-state index contributed by atoms with van der Waals surface area (Å²) in [5.41, 5.74) is 4.23. The molecule has 122 valence electrons. The number of hydrogen-bond acceptors (Lipinski definition) is 4. The van der Waals surface area contributed by atoms with Crippen LogP contribution in [0.5, 0.6) is 0 Å². The number of aromatic nitrogens is 1. The van der Waals surface area contributed by atoms with Crippen LogP contribution < -0.4 is 5.32 Å². The molecule has 23 heavy (non-hydrogen) atoms. The maximum Gasteiger partial charge on any atom is 0.257 e. The molecule has 1 amide bonds. The van der Waals surface area contributed by atoms with Gasteiger partial charge in [-0.15, -0.1) is 0 Å². The van der Waals surface area contributed by atoms with Gasteiger partial charge in [-0.2, -0.15) is 0 Å². The molecule has 0 atom stereocenters. The Labute approximate surface area is 140 Å². The van der Waals surface area contributed by atoms with E-state index in [9.17, 15) is 4.79 Å². The summed E-state index contributed by atoms with van der Waals surface area (Å²) < 4.78 is 7.44.